The van der Waals surface area contributed by atoms with Crippen LogP contribution in [-0.2, 0) is 16.1 Å². The SMILES string of the molecule is COc1ccc(CN2CC(C(=O)O)CC2=O)cc1F. The van der Waals surface area contributed by atoms with Gasteiger partial charge in [0.05, 0.1) is 13.0 Å². The van der Waals surface area contributed by atoms with Gasteiger partial charge in [-0.3, -0.25) is 9.59 Å². The molecule has 1 amide bonds. The van der Waals surface area contributed by atoms with Crippen molar-refractivity contribution in [3.05, 3.63) is 29.6 Å². The molecule has 0 aromatic heterocycles. The minimum atomic E-state index is -0.975. The Balaban J connectivity index is 2.07. The van der Waals surface area contributed by atoms with Crippen LogP contribution in [0.25, 0.3) is 0 Å². The number of aliphatic carboxylic acids is 1. The summed E-state index contributed by atoms with van der Waals surface area (Å²) < 4.78 is 18.3. The van der Waals surface area contributed by atoms with E-state index in [1.165, 1.54) is 24.1 Å². The van der Waals surface area contributed by atoms with Crippen LogP contribution in [0.15, 0.2) is 18.2 Å². The second kappa shape index (κ2) is 5.26. The average Bonchev–Trinajstić information content (AvgIpc) is 2.71. The van der Waals surface area contributed by atoms with Gasteiger partial charge >= 0.3 is 5.97 Å². The number of carbonyl (C=O) groups excluding carboxylic acids is 1. The maximum Gasteiger partial charge on any atom is 0.308 e. The predicted molar refractivity (Wildman–Crippen MR) is 64.1 cm³/mol. The summed E-state index contributed by atoms with van der Waals surface area (Å²) in [5.74, 6) is -2.22. The van der Waals surface area contributed by atoms with E-state index >= 15 is 0 Å². The molecule has 0 saturated carbocycles. The first-order valence-electron chi connectivity index (χ1n) is 5.84. The molecule has 1 aromatic carbocycles. The van der Waals surface area contributed by atoms with Gasteiger partial charge in [-0.05, 0) is 17.7 Å². The summed E-state index contributed by atoms with van der Waals surface area (Å²) in [6.45, 7) is 0.380. The summed E-state index contributed by atoms with van der Waals surface area (Å²) in [6, 6.07) is 4.43. The van der Waals surface area contributed by atoms with E-state index in [1.54, 1.807) is 6.07 Å². The molecule has 1 aliphatic heterocycles. The molecule has 0 bridgehead atoms. The summed E-state index contributed by atoms with van der Waals surface area (Å²) in [4.78, 5) is 23.9. The number of benzene rings is 1. The van der Waals surface area contributed by atoms with E-state index in [0.717, 1.165) is 0 Å². The second-order valence-electron chi connectivity index (χ2n) is 4.48. The Kier molecular flexibility index (Phi) is 3.69. The zero-order valence-corrected chi connectivity index (χ0v) is 10.4. The highest BCUT2D eigenvalue weighted by Crippen LogP contribution is 2.23. The molecule has 19 heavy (non-hydrogen) atoms. The molecule has 1 fully saturated rings. The van der Waals surface area contributed by atoms with Crippen LogP contribution in [0.3, 0.4) is 0 Å². The number of carboxylic acids is 1. The van der Waals surface area contributed by atoms with E-state index in [9.17, 15) is 14.0 Å². The van der Waals surface area contributed by atoms with Gasteiger partial charge in [-0.15, -0.1) is 0 Å². The molecule has 2 rings (SSSR count). The fourth-order valence-electron chi connectivity index (χ4n) is 2.12. The third-order valence-electron chi connectivity index (χ3n) is 3.15. The van der Waals surface area contributed by atoms with E-state index in [0.29, 0.717) is 5.56 Å². The van der Waals surface area contributed by atoms with Gasteiger partial charge in [-0.1, -0.05) is 6.07 Å². The first-order valence-corrected chi connectivity index (χ1v) is 5.84. The summed E-state index contributed by atoms with van der Waals surface area (Å²) in [5.41, 5.74) is 0.609. The topological polar surface area (TPSA) is 66.8 Å². The summed E-state index contributed by atoms with van der Waals surface area (Å²) in [6.07, 6.45) is 0.00791. The Bertz CT molecular complexity index is 517. The van der Waals surface area contributed by atoms with Crippen molar-refractivity contribution in [2.75, 3.05) is 13.7 Å². The summed E-state index contributed by atoms with van der Waals surface area (Å²) in [7, 11) is 1.37. The molecule has 1 unspecified atom stereocenters. The number of hydrogen-bond acceptors (Lipinski definition) is 3. The normalized spacial score (nSPS) is 18.7. The van der Waals surface area contributed by atoms with Crippen LogP contribution >= 0.6 is 0 Å². The minimum Gasteiger partial charge on any atom is -0.494 e. The second-order valence-corrected chi connectivity index (χ2v) is 4.48. The zero-order chi connectivity index (χ0) is 14.0. The maximum absolute atomic E-state index is 13.5. The molecule has 1 aromatic rings. The summed E-state index contributed by atoms with van der Waals surface area (Å²) >= 11 is 0. The standard InChI is InChI=1S/C13H14FNO4/c1-19-11-3-2-8(4-10(11)14)6-15-7-9(13(17)18)5-12(15)16/h2-4,9H,5-7H2,1H3,(H,17,18). The summed E-state index contributed by atoms with van der Waals surface area (Å²) in [5, 5.41) is 8.87. The third-order valence-corrected chi connectivity index (χ3v) is 3.15. The van der Waals surface area contributed by atoms with Crippen LogP contribution in [0.1, 0.15) is 12.0 Å². The Morgan fingerprint density at radius 1 is 1.58 bits per heavy atom. The first kappa shape index (κ1) is 13.3. The van der Waals surface area contributed by atoms with Crippen LogP contribution in [0.5, 0.6) is 5.75 Å². The van der Waals surface area contributed by atoms with Gasteiger partial charge in [-0.25, -0.2) is 4.39 Å². The molecule has 1 N–H and O–H groups in total. The van der Waals surface area contributed by atoms with Gasteiger partial charge in [-0.2, -0.15) is 0 Å². The number of amides is 1. The number of carbonyl (C=O) groups is 2. The predicted octanol–water partition coefficient (Wildman–Crippen LogP) is 1.27. The van der Waals surface area contributed by atoms with E-state index in [2.05, 4.69) is 0 Å². The third kappa shape index (κ3) is 2.83. The largest absolute Gasteiger partial charge is 0.494 e. The lowest BCUT2D eigenvalue weighted by Gasteiger charge is -2.16. The monoisotopic (exact) mass is 267 g/mol. The number of methoxy groups -OCH3 is 1. The highest BCUT2D eigenvalue weighted by atomic mass is 19.1. The molecule has 0 radical (unpaired) electrons. The lowest BCUT2D eigenvalue weighted by Crippen LogP contribution is -2.25. The number of hydrogen-bond donors (Lipinski definition) is 1. The van der Waals surface area contributed by atoms with Crippen molar-refractivity contribution < 1.29 is 23.8 Å². The Labute approximate surface area is 109 Å². The van der Waals surface area contributed by atoms with Crippen molar-refractivity contribution >= 4 is 11.9 Å². The van der Waals surface area contributed by atoms with Gasteiger partial charge < -0.3 is 14.7 Å². The van der Waals surface area contributed by atoms with Crippen LogP contribution in [0.2, 0.25) is 0 Å². The van der Waals surface area contributed by atoms with Crippen molar-refractivity contribution in [2.24, 2.45) is 5.92 Å². The molecule has 1 atom stereocenters. The van der Waals surface area contributed by atoms with Gasteiger partial charge in [0.15, 0.2) is 11.6 Å². The van der Waals surface area contributed by atoms with Crippen molar-refractivity contribution in [3.8, 4) is 5.75 Å². The van der Waals surface area contributed by atoms with Gasteiger partial charge in [0.1, 0.15) is 0 Å². The van der Waals surface area contributed by atoms with Crippen molar-refractivity contribution in [1.29, 1.82) is 0 Å². The lowest BCUT2D eigenvalue weighted by atomic mass is 10.1. The fourth-order valence-corrected chi connectivity index (χ4v) is 2.12. The number of nitrogens with zero attached hydrogens (tertiary/aromatic N) is 1. The number of likely N-dealkylation sites (tertiary alicyclic amines) is 1. The van der Waals surface area contributed by atoms with E-state index in [4.69, 9.17) is 9.84 Å². The van der Waals surface area contributed by atoms with E-state index in [-0.39, 0.29) is 31.2 Å². The Hall–Kier alpha value is -2.11. The molecular formula is C13H14FNO4. The van der Waals surface area contributed by atoms with Gasteiger partial charge in [0.25, 0.3) is 0 Å². The van der Waals surface area contributed by atoms with E-state index < -0.39 is 17.7 Å². The number of halogens is 1. The molecule has 0 spiro atoms. The highest BCUT2D eigenvalue weighted by molar-refractivity contribution is 5.86. The van der Waals surface area contributed by atoms with Gasteiger partial charge in [0, 0.05) is 19.5 Å². The van der Waals surface area contributed by atoms with E-state index in [1.807, 2.05) is 0 Å². The zero-order valence-electron chi connectivity index (χ0n) is 10.4. The number of ether oxygens (including phenoxy) is 1. The maximum atomic E-state index is 13.5. The highest BCUT2D eigenvalue weighted by Gasteiger charge is 2.34. The molecular weight excluding hydrogens is 253 g/mol. The van der Waals surface area contributed by atoms with Crippen molar-refractivity contribution in [3.63, 3.8) is 0 Å². The van der Waals surface area contributed by atoms with Crippen LogP contribution in [0, 0.1) is 11.7 Å². The van der Waals surface area contributed by atoms with Crippen molar-refractivity contribution in [1.82, 2.24) is 4.90 Å². The Morgan fingerprint density at radius 2 is 2.32 bits per heavy atom. The molecule has 1 heterocycles. The van der Waals surface area contributed by atoms with Crippen LogP contribution in [0.4, 0.5) is 4.39 Å². The molecule has 0 aliphatic carbocycles. The lowest BCUT2D eigenvalue weighted by molar-refractivity contribution is -0.141. The fraction of sp³-hybridized carbons (Fsp3) is 0.385. The minimum absolute atomic E-state index is 0.00791. The quantitative estimate of drug-likeness (QED) is 0.892. The molecule has 6 heteroatoms. The molecule has 1 aliphatic rings. The number of carboxylic acid groups (broad SMARTS) is 1. The number of rotatable bonds is 4. The molecule has 102 valence electrons. The van der Waals surface area contributed by atoms with Crippen LogP contribution < -0.4 is 4.74 Å². The smallest absolute Gasteiger partial charge is 0.308 e. The Morgan fingerprint density at radius 3 is 2.84 bits per heavy atom. The first-order chi connectivity index (χ1) is 9.01. The average molecular weight is 267 g/mol. The van der Waals surface area contributed by atoms with Crippen molar-refractivity contribution in [2.45, 2.75) is 13.0 Å². The van der Waals surface area contributed by atoms with Gasteiger partial charge in [0.2, 0.25) is 5.91 Å². The van der Waals surface area contributed by atoms with Crippen LogP contribution in [-0.4, -0.2) is 35.5 Å². The molecule has 1 saturated heterocycles. The molecule has 5 nitrogen and oxygen atoms in total.